The van der Waals surface area contributed by atoms with Crippen molar-refractivity contribution in [1.29, 1.82) is 0 Å². The summed E-state index contributed by atoms with van der Waals surface area (Å²) in [6, 6.07) is 4.21. The van der Waals surface area contributed by atoms with Crippen LogP contribution in [-0.2, 0) is 16.0 Å². The van der Waals surface area contributed by atoms with Gasteiger partial charge in [0.05, 0.1) is 6.42 Å². The predicted molar refractivity (Wildman–Crippen MR) is 89.9 cm³/mol. The summed E-state index contributed by atoms with van der Waals surface area (Å²) in [4.78, 5) is 23.7. The van der Waals surface area contributed by atoms with Crippen molar-refractivity contribution in [2.75, 3.05) is 7.05 Å². The third kappa shape index (κ3) is 5.51. The molecule has 0 saturated heterocycles. The van der Waals surface area contributed by atoms with Crippen LogP contribution in [0.3, 0.4) is 0 Å². The zero-order valence-electron chi connectivity index (χ0n) is 14.6. The lowest BCUT2D eigenvalue weighted by Gasteiger charge is -2.26. The van der Waals surface area contributed by atoms with E-state index in [0.29, 0.717) is 19.3 Å². The van der Waals surface area contributed by atoms with Gasteiger partial charge in [-0.05, 0) is 57.7 Å². The number of hydrogen-bond acceptors (Lipinski definition) is 2. The van der Waals surface area contributed by atoms with Crippen LogP contribution in [0.2, 0.25) is 0 Å². The van der Waals surface area contributed by atoms with Gasteiger partial charge in [0, 0.05) is 19.0 Å². The first-order valence-corrected chi connectivity index (χ1v) is 7.73. The minimum absolute atomic E-state index is 0.00282. The molecule has 0 aromatic heterocycles. The summed E-state index contributed by atoms with van der Waals surface area (Å²) in [5.41, 5.74) is 4.21. The summed E-state index contributed by atoms with van der Waals surface area (Å²) in [6.07, 6.45) is 1.40. The Hall–Kier alpha value is -1.84. The van der Waals surface area contributed by atoms with E-state index in [-0.39, 0.29) is 11.8 Å². The van der Waals surface area contributed by atoms with Crippen molar-refractivity contribution in [2.45, 2.75) is 59.4 Å². The third-order valence-corrected chi connectivity index (χ3v) is 3.91. The molecule has 0 saturated carbocycles. The van der Waals surface area contributed by atoms with Gasteiger partial charge in [0.1, 0.15) is 0 Å². The van der Waals surface area contributed by atoms with E-state index < -0.39 is 5.54 Å². The standard InChI is InChI=1S/C18H28N2O2/c1-12-9-13(2)15(14(3)10-12)11-17(22)20-18(4,5)8-7-16(21)19-6/h9-10H,7-8,11H2,1-6H3,(H,19,21)(H,20,22). The Morgan fingerprint density at radius 2 is 1.59 bits per heavy atom. The van der Waals surface area contributed by atoms with Crippen molar-refractivity contribution >= 4 is 11.8 Å². The van der Waals surface area contributed by atoms with E-state index in [2.05, 4.69) is 29.7 Å². The van der Waals surface area contributed by atoms with E-state index in [4.69, 9.17) is 0 Å². The van der Waals surface area contributed by atoms with Crippen molar-refractivity contribution in [3.8, 4) is 0 Å². The Kier molecular flexibility index (Phi) is 6.15. The highest BCUT2D eigenvalue weighted by molar-refractivity contribution is 5.80. The summed E-state index contributed by atoms with van der Waals surface area (Å²) in [5, 5.41) is 5.63. The highest BCUT2D eigenvalue weighted by atomic mass is 16.2. The molecular weight excluding hydrogens is 276 g/mol. The fourth-order valence-corrected chi connectivity index (χ4v) is 2.68. The topological polar surface area (TPSA) is 58.2 Å². The summed E-state index contributed by atoms with van der Waals surface area (Å²) >= 11 is 0. The zero-order valence-corrected chi connectivity index (χ0v) is 14.6. The average Bonchev–Trinajstić information content (AvgIpc) is 2.39. The second kappa shape index (κ2) is 7.43. The molecule has 0 radical (unpaired) electrons. The summed E-state index contributed by atoms with van der Waals surface area (Å²) in [6.45, 7) is 10.0. The Balaban J connectivity index is 2.68. The van der Waals surface area contributed by atoms with Gasteiger partial charge in [-0.3, -0.25) is 9.59 Å². The van der Waals surface area contributed by atoms with Crippen molar-refractivity contribution in [3.05, 3.63) is 34.4 Å². The van der Waals surface area contributed by atoms with E-state index in [1.807, 2.05) is 27.7 Å². The van der Waals surface area contributed by atoms with Gasteiger partial charge in [-0.2, -0.15) is 0 Å². The average molecular weight is 304 g/mol. The molecule has 1 aromatic carbocycles. The lowest BCUT2D eigenvalue weighted by molar-refractivity contribution is -0.124. The van der Waals surface area contributed by atoms with Gasteiger partial charge in [0.2, 0.25) is 11.8 Å². The minimum Gasteiger partial charge on any atom is -0.359 e. The second-order valence-corrected chi connectivity index (χ2v) is 6.66. The molecule has 0 bridgehead atoms. The van der Waals surface area contributed by atoms with Gasteiger partial charge in [0.25, 0.3) is 0 Å². The molecule has 2 amide bonds. The maximum atomic E-state index is 12.3. The quantitative estimate of drug-likeness (QED) is 0.848. The van der Waals surface area contributed by atoms with Crippen LogP contribution in [0.15, 0.2) is 12.1 Å². The number of hydrogen-bond donors (Lipinski definition) is 2. The van der Waals surface area contributed by atoms with Crippen LogP contribution in [0.5, 0.6) is 0 Å². The monoisotopic (exact) mass is 304 g/mol. The number of nitrogens with one attached hydrogen (secondary N) is 2. The highest BCUT2D eigenvalue weighted by Gasteiger charge is 2.22. The molecule has 22 heavy (non-hydrogen) atoms. The number of aryl methyl sites for hydroxylation is 3. The first-order valence-electron chi connectivity index (χ1n) is 7.73. The third-order valence-electron chi connectivity index (χ3n) is 3.91. The van der Waals surface area contributed by atoms with Crippen LogP contribution in [0.25, 0.3) is 0 Å². The molecule has 2 N–H and O–H groups in total. The van der Waals surface area contributed by atoms with Crippen molar-refractivity contribution in [3.63, 3.8) is 0 Å². The van der Waals surface area contributed by atoms with Crippen LogP contribution in [0.4, 0.5) is 0 Å². The van der Waals surface area contributed by atoms with Gasteiger partial charge in [-0.25, -0.2) is 0 Å². The molecule has 1 rings (SSSR count). The maximum absolute atomic E-state index is 12.3. The summed E-state index contributed by atoms with van der Waals surface area (Å²) < 4.78 is 0. The van der Waals surface area contributed by atoms with E-state index in [1.54, 1.807) is 7.05 Å². The predicted octanol–water partition coefficient (Wildman–Crippen LogP) is 2.58. The molecule has 0 aliphatic heterocycles. The second-order valence-electron chi connectivity index (χ2n) is 6.66. The Morgan fingerprint density at radius 3 is 2.09 bits per heavy atom. The van der Waals surface area contributed by atoms with Gasteiger partial charge in [-0.15, -0.1) is 0 Å². The van der Waals surface area contributed by atoms with Crippen LogP contribution in [-0.4, -0.2) is 24.4 Å². The van der Waals surface area contributed by atoms with Gasteiger partial charge < -0.3 is 10.6 Å². The highest BCUT2D eigenvalue weighted by Crippen LogP contribution is 2.18. The van der Waals surface area contributed by atoms with Crippen LogP contribution in [0.1, 0.15) is 48.9 Å². The number of rotatable bonds is 6. The minimum atomic E-state index is -0.393. The Bertz CT molecular complexity index is 539. The Labute approximate surface area is 133 Å². The van der Waals surface area contributed by atoms with E-state index in [9.17, 15) is 9.59 Å². The fraction of sp³-hybridized carbons (Fsp3) is 0.556. The largest absolute Gasteiger partial charge is 0.359 e. The molecule has 4 nitrogen and oxygen atoms in total. The fourth-order valence-electron chi connectivity index (χ4n) is 2.68. The molecule has 0 spiro atoms. The maximum Gasteiger partial charge on any atom is 0.224 e. The first kappa shape index (κ1) is 18.2. The zero-order chi connectivity index (χ0) is 16.9. The van der Waals surface area contributed by atoms with Gasteiger partial charge in [0.15, 0.2) is 0 Å². The van der Waals surface area contributed by atoms with Gasteiger partial charge >= 0.3 is 0 Å². The van der Waals surface area contributed by atoms with E-state index >= 15 is 0 Å². The summed E-state index contributed by atoms with van der Waals surface area (Å²) in [7, 11) is 1.62. The van der Waals surface area contributed by atoms with Crippen LogP contribution < -0.4 is 10.6 Å². The molecule has 122 valence electrons. The summed E-state index contributed by atoms with van der Waals surface area (Å²) in [5.74, 6) is -0.00972. The Morgan fingerprint density at radius 1 is 1.05 bits per heavy atom. The normalized spacial score (nSPS) is 11.2. The molecule has 0 fully saturated rings. The molecule has 0 atom stereocenters. The number of benzene rings is 1. The molecule has 0 unspecified atom stereocenters. The van der Waals surface area contributed by atoms with Gasteiger partial charge in [-0.1, -0.05) is 17.7 Å². The molecule has 0 heterocycles. The van der Waals surface area contributed by atoms with Crippen molar-refractivity contribution < 1.29 is 9.59 Å². The molecule has 4 heteroatoms. The van der Waals surface area contributed by atoms with Crippen molar-refractivity contribution in [2.24, 2.45) is 0 Å². The first-order chi connectivity index (χ1) is 10.1. The number of amides is 2. The SMILES string of the molecule is CNC(=O)CCC(C)(C)NC(=O)Cc1c(C)cc(C)cc1C. The number of carbonyl (C=O) groups is 2. The smallest absolute Gasteiger partial charge is 0.224 e. The van der Waals surface area contributed by atoms with Crippen LogP contribution >= 0.6 is 0 Å². The van der Waals surface area contributed by atoms with E-state index in [1.165, 1.54) is 5.56 Å². The molecule has 1 aromatic rings. The lowest BCUT2D eigenvalue weighted by Crippen LogP contribution is -2.44. The lowest BCUT2D eigenvalue weighted by atomic mass is 9.95. The van der Waals surface area contributed by atoms with E-state index in [0.717, 1.165) is 16.7 Å². The molecule has 0 aliphatic rings. The number of carbonyl (C=O) groups excluding carboxylic acids is 2. The van der Waals surface area contributed by atoms with Crippen molar-refractivity contribution in [1.82, 2.24) is 10.6 Å². The molecular formula is C18H28N2O2. The molecule has 0 aliphatic carbocycles. The van der Waals surface area contributed by atoms with Crippen LogP contribution in [0, 0.1) is 20.8 Å².